The molecule has 0 aromatic heterocycles. The molecule has 0 aliphatic carbocycles. The van der Waals surface area contributed by atoms with Gasteiger partial charge in [-0.1, -0.05) is 12.1 Å². The van der Waals surface area contributed by atoms with Gasteiger partial charge in [0.05, 0.1) is 0 Å². The summed E-state index contributed by atoms with van der Waals surface area (Å²) in [6, 6.07) is 7.79. The summed E-state index contributed by atoms with van der Waals surface area (Å²) in [6.07, 6.45) is 5.72. The van der Waals surface area contributed by atoms with E-state index < -0.39 is 0 Å². The summed E-state index contributed by atoms with van der Waals surface area (Å²) in [6.45, 7) is 2.96. The van der Waals surface area contributed by atoms with E-state index in [9.17, 15) is 14.0 Å². The number of likely N-dealkylation sites (tertiary alicyclic amines) is 1. The summed E-state index contributed by atoms with van der Waals surface area (Å²) in [5, 5.41) is 2.96. The number of hydrogen-bond donors (Lipinski definition) is 1. The van der Waals surface area contributed by atoms with Gasteiger partial charge in [-0.15, -0.1) is 0 Å². The highest BCUT2D eigenvalue weighted by Crippen LogP contribution is 2.43. The maximum atomic E-state index is 13.2. The number of hydrogen-bond acceptors (Lipinski definition) is 2. The minimum atomic E-state index is -0.197. The monoisotopic (exact) mass is 373 g/mol. The first-order chi connectivity index (χ1) is 13.0. The van der Waals surface area contributed by atoms with Crippen molar-refractivity contribution in [3.8, 4) is 0 Å². The first-order valence-electron chi connectivity index (χ1n) is 10.1. The van der Waals surface area contributed by atoms with Gasteiger partial charge in [0.25, 0.3) is 0 Å². The summed E-state index contributed by atoms with van der Waals surface area (Å²) in [4.78, 5) is 28.4. The van der Waals surface area contributed by atoms with Gasteiger partial charge in [0, 0.05) is 38.1 Å². The van der Waals surface area contributed by atoms with Gasteiger partial charge in [-0.3, -0.25) is 4.79 Å². The number of nitrogens with zero attached hydrogens (tertiary/aromatic N) is 2. The summed E-state index contributed by atoms with van der Waals surface area (Å²) < 4.78 is 13.2. The van der Waals surface area contributed by atoms with Crippen LogP contribution in [0, 0.1) is 5.82 Å². The van der Waals surface area contributed by atoms with E-state index in [4.69, 9.17) is 0 Å². The van der Waals surface area contributed by atoms with Crippen LogP contribution in [-0.2, 0) is 4.79 Å². The molecule has 3 heterocycles. The number of carbonyl (C=O) groups excluding carboxylic acids is 2. The van der Waals surface area contributed by atoms with Gasteiger partial charge < -0.3 is 15.1 Å². The van der Waals surface area contributed by atoms with Crippen LogP contribution in [0.2, 0.25) is 0 Å². The molecule has 146 valence electrons. The van der Waals surface area contributed by atoms with Crippen molar-refractivity contribution in [2.45, 2.75) is 69.5 Å². The van der Waals surface area contributed by atoms with Crippen molar-refractivity contribution in [2.24, 2.45) is 0 Å². The zero-order valence-corrected chi connectivity index (χ0v) is 15.9. The molecule has 3 aliphatic rings. The SMILES string of the molecule is CC(=O)NC1CCN(C(=O)N2[C@@H]3CC[C@@H]2CC(c2ccc(F)cc2)C3)CC1. The number of nitrogens with one attached hydrogen (secondary N) is 1. The van der Waals surface area contributed by atoms with E-state index in [1.165, 1.54) is 17.7 Å². The second-order valence-electron chi connectivity index (χ2n) is 8.26. The summed E-state index contributed by atoms with van der Waals surface area (Å²) in [5.74, 6) is 0.218. The Morgan fingerprint density at radius 3 is 2.15 bits per heavy atom. The van der Waals surface area contributed by atoms with Crippen LogP contribution >= 0.6 is 0 Å². The molecule has 1 aromatic carbocycles. The first-order valence-corrected chi connectivity index (χ1v) is 10.1. The molecule has 5 nitrogen and oxygen atoms in total. The molecule has 0 radical (unpaired) electrons. The third-order valence-corrected chi connectivity index (χ3v) is 6.47. The number of fused-ring (bicyclic) bond motifs is 2. The van der Waals surface area contributed by atoms with Crippen molar-refractivity contribution >= 4 is 11.9 Å². The Balaban J connectivity index is 1.37. The van der Waals surface area contributed by atoms with Crippen molar-refractivity contribution in [2.75, 3.05) is 13.1 Å². The molecule has 3 aliphatic heterocycles. The number of amides is 3. The number of carbonyl (C=O) groups is 2. The average Bonchev–Trinajstić information content (AvgIpc) is 2.91. The fraction of sp³-hybridized carbons (Fsp3) is 0.619. The maximum absolute atomic E-state index is 13.2. The molecular formula is C21H28FN3O2. The lowest BCUT2D eigenvalue weighted by molar-refractivity contribution is -0.119. The van der Waals surface area contributed by atoms with Gasteiger partial charge in [-0.25, -0.2) is 9.18 Å². The van der Waals surface area contributed by atoms with Gasteiger partial charge >= 0.3 is 6.03 Å². The lowest BCUT2D eigenvalue weighted by atomic mass is 9.85. The van der Waals surface area contributed by atoms with Crippen molar-refractivity contribution in [3.05, 3.63) is 35.6 Å². The zero-order chi connectivity index (χ0) is 19.0. The predicted octanol–water partition coefficient (Wildman–Crippen LogP) is 3.26. The van der Waals surface area contributed by atoms with Crippen LogP contribution < -0.4 is 5.32 Å². The van der Waals surface area contributed by atoms with Gasteiger partial charge in [0.2, 0.25) is 5.91 Å². The second kappa shape index (κ2) is 7.49. The highest BCUT2D eigenvalue weighted by molar-refractivity contribution is 5.76. The number of benzene rings is 1. The van der Waals surface area contributed by atoms with Crippen LogP contribution in [0.5, 0.6) is 0 Å². The summed E-state index contributed by atoms with van der Waals surface area (Å²) in [7, 11) is 0. The molecule has 4 rings (SSSR count). The standard InChI is InChI=1S/C21H28FN3O2/c1-14(26)23-18-8-10-24(11-9-18)21(27)25-19-6-7-20(25)13-16(12-19)15-2-4-17(22)5-3-15/h2-5,16,18-20H,6-13H2,1H3,(H,23,26)/t19-,20-/m1/s1. The van der Waals surface area contributed by atoms with Gasteiger partial charge in [-0.2, -0.15) is 0 Å². The molecule has 27 heavy (non-hydrogen) atoms. The Labute approximate surface area is 159 Å². The fourth-order valence-electron chi connectivity index (χ4n) is 5.16. The third kappa shape index (κ3) is 3.80. The van der Waals surface area contributed by atoms with Crippen molar-refractivity contribution in [1.82, 2.24) is 15.1 Å². The Bertz CT molecular complexity index is 686. The van der Waals surface area contributed by atoms with E-state index in [1.807, 2.05) is 17.0 Å². The molecule has 0 saturated carbocycles. The molecule has 2 atom stereocenters. The minimum Gasteiger partial charge on any atom is -0.353 e. The predicted molar refractivity (Wildman–Crippen MR) is 101 cm³/mol. The van der Waals surface area contributed by atoms with Gasteiger partial charge in [0.1, 0.15) is 5.82 Å². The van der Waals surface area contributed by atoms with Crippen LogP contribution in [0.4, 0.5) is 9.18 Å². The molecule has 0 spiro atoms. The zero-order valence-electron chi connectivity index (χ0n) is 15.9. The van der Waals surface area contributed by atoms with E-state index in [2.05, 4.69) is 10.2 Å². The van der Waals surface area contributed by atoms with Gasteiger partial charge in [-0.05, 0) is 62.1 Å². The lowest BCUT2D eigenvalue weighted by Gasteiger charge is -2.43. The fourth-order valence-corrected chi connectivity index (χ4v) is 5.16. The van der Waals surface area contributed by atoms with E-state index in [0.29, 0.717) is 31.1 Å². The van der Waals surface area contributed by atoms with Crippen LogP contribution in [0.1, 0.15) is 56.9 Å². The van der Waals surface area contributed by atoms with Crippen LogP contribution in [0.15, 0.2) is 24.3 Å². The van der Waals surface area contributed by atoms with Gasteiger partial charge in [0.15, 0.2) is 0 Å². The topological polar surface area (TPSA) is 52.7 Å². The summed E-state index contributed by atoms with van der Waals surface area (Å²) in [5.41, 5.74) is 1.19. The lowest BCUT2D eigenvalue weighted by Crippen LogP contribution is -2.55. The molecule has 1 aromatic rings. The Morgan fingerprint density at radius 2 is 1.59 bits per heavy atom. The number of halogens is 1. The van der Waals surface area contributed by atoms with Crippen molar-refractivity contribution < 1.29 is 14.0 Å². The minimum absolute atomic E-state index is 0.000636. The van der Waals surface area contributed by atoms with E-state index in [0.717, 1.165) is 38.5 Å². The van der Waals surface area contributed by atoms with Crippen LogP contribution in [0.25, 0.3) is 0 Å². The highest BCUT2D eigenvalue weighted by atomic mass is 19.1. The quantitative estimate of drug-likeness (QED) is 0.865. The first kappa shape index (κ1) is 18.3. The molecule has 1 N–H and O–H groups in total. The average molecular weight is 373 g/mol. The number of rotatable bonds is 2. The van der Waals surface area contributed by atoms with Crippen molar-refractivity contribution in [1.29, 1.82) is 0 Å². The Kier molecular flexibility index (Phi) is 5.06. The summed E-state index contributed by atoms with van der Waals surface area (Å²) >= 11 is 0. The smallest absolute Gasteiger partial charge is 0.320 e. The Hall–Kier alpha value is -2.11. The van der Waals surface area contributed by atoms with E-state index in [1.54, 1.807) is 6.92 Å². The largest absolute Gasteiger partial charge is 0.353 e. The molecule has 2 bridgehead atoms. The van der Waals surface area contributed by atoms with Crippen LogP contribution in [-0.4, -0.2) is 53.0 Å². The number of urea groups is 1. The molecule has 3 fully saturated rings. The third-order valence-electron chi connectivity index (χ3n) is 6.47. The molecule has 3 amide bonds. The second-order valence-corrected chi connectivity index (χ2v) is 8.26. The maximum Gasteiger partial charge on any atom is 0.320 e. The molecule has 6 heteroatoms. The molecule has 3 saturated heterocycles. The normalized spacial score (nSPS) is 28.3. The molecular weight excluding hydrogens is 345 g/mol. The Morgan fingerprint density at radius 1 is 1.00 bits per heavy atom. The van der Waals surface area contributed by atoms with E-state index >= 15 is 0 Å². The number of piperidine rings is 2. The van der Waals surface area contributed by atoms with E-state index in [-0.39, 0.29) is 23.8 Å². The van der Waals surface area contributed by atoms with Crippen LogP contribution in [0.3, 0.4) is 0 Å². The highest BCUT2D eigenvalue weighted by Gasteiger charge is 2.45. The van der Waals surface area contributed by atoms with Crippen molar-refractivity contribution in [3.63, 3.8) is 0 Å². The molecule has 0 unspecified atom stereocenters.